The molecule has 0 radical (unpaired) electrons. The van der Waals surface area contributed by atoms with Gasteiger partial charge in [0.2, 0.25) is 0 Å². The van der Waals surface area contributed by atoms with Crippen molar-refractivity contribution < 1.29 is 10.2 Å². The van der Waals surface area contributed by atoms with E-state index in [0.29, 0.717) is 17.3 Å². The normalized spacial score (nSPS) is 23.4. The number of nitrogens with two attached hydrogens (primary N) is 1. The first-order valence-corrected chi connectivity index (χ1v) is 11.3. The van der Waals surface area contributed by atoms with E-state index >= 15 is 0 Å². The van der Waals surface area contributed by atoms with Crippen molar-refractivity contribution in [2.45, 2.75) is 50.9 Å². The molecule has 3 heterocycles. The summed E-state index contributed by atoms with van der Waals surface area (Å²) < 4.78 is 2.00. The quantitative estimate of drug-likeness (QED) is 0.426. The van der Waals surface area contributed by atoms with Crippen LogP contribution in [0.25, 0.3) is 21.9 Å². The Bertz CT molecular complexity index is 1290. The highest BCUT2D eigenvalue weighted by atomic mass is 35.5. The molecule has 7 nitrogen and oxygen atoms in total. The third-order valence-corrected chi connectivity index (χ3v) is 7.02. The Kier molecular flexibility index (Phi) is 5.49. The Morgan fingerprint density at radius 3 is 2.81 bits per heavy atom. The average Bonchev–Trinajstić information content (AvgIpc) is 3.34. The third kappa shape index (κ3) is 3.60. The molecule has 0 amide bonds. The zero-order valence-electron chi connectivity index (χ0n) is 17.8. The van der Waals surface area contributed by atoms with E-state index in [-0.39, 0.29) is 12.0 Å². The fourth-order valence-electron chi connectivity index (χ4n) is 4.94. The van der Waals surface area contributed by atoms with E-state index in [9.17, 15) is 10.2 Å². The molecule has 8 heteroatoms. The minimum Gasteiger partial charge on any atom is -0.390 e. The van der Waals surface area contributed by atoms with E-state index in [1.165, 1.54) is 0 Å². The van der Waals surface area contributed by atoms with Crippen molar-refractivity contribution in [2.75, 3.05) is 5.73 Å². The van der Waals surface area contributed by atoms with E-state index in [1.54, 1.807) is 6.33 Å². The van der Waals surface area contributed by atoms with Crippen LogP contribution in [0.4, 0.5) is 5.82 Å². The Balaban J connectivity index is 1.34. The lowest BCUT2D eigenvalue weighted by Crippen LogP contribution is -2.29. The highest BCUT2D eigenvalue weighted by Crippen LogP contribution is 2.39. The fourth-order valence-corrected chi connectivity index (χ4v) is 5.10. The van der Waals surface area contributed by atoms with E-state index < -0.39 is 12.2 Å². The number of nitrogen functional groups attached to an aromatic ring is 1. The van der Waals surface area contributed by atoms with Crippen molar-refractivity contribution in [2.24, 2.45) is 5.92 Å². The predicted octanol–water partition coefficient (Wildman–Crippen LogP) is 3.69. The van der Waals surface area contributed by atoms with Gasteiger partial charge < -0.3 is 20.5 Å². The van der Waals surface area contributed by atoms with Crippen molar-refractivity contribution in [3.63, 3.8) is 0 Å². The first-order chi connectivity index (χ1) is 15.5. The fraction of sp³-hybridized carbons (Fsp3) is 0.375. The van der Waals surface area contributed by atoms with E-state index in [2.05, 4.69) is 27.9 Å². The lowest BCUT2D eigenvalue weighted by atomic mass is 9.95. The van der Waals surface area contributed by atoms with E-state index in [4.69, 9.17) is 17.3 Å². The third-order valence-electron chi connectivity index (χ3n) is 6.72. The SMILES string of the molecule is CCc1ncnc2c1ccn2[C@@H]1C[C@H](CCc2ccc3cc(Cl)c(N)nc3c2)[C@@H](O)[C@H]1O. The minimum absolute atomic E-state index is 0.0149. The summed E-state index contributed by atoms with van der Waals surface area (Å²) in [6, 6.07) is 9.66. The second kappa shape index (κ2) is 8.31. The highest BCUT2D eigenvalue weighted by Gasteiger charge is 2.42. The molecule has 4 aromatic rings. The zero-order valence-corrected chi connectivity index (χ0v) is 18.6. The molecule has 32 heavy (non-hydrogen) atoms. The lowest BCUT2D eigenvalue weighted by molar-refractivity contribution is 0.00545. The van der Waals surface area contributed by atoms with Crippen LogP contribution in [0.3, 0.4) is 0 Å². The summed E-state index contributed by atoms with van der Waals surface area (Å²) in [5, 5.41) is 24.0. The van der Waals surface area contributed by atoms with E-state index in [0.717, 1.165) is 52.5 Å². The second-order valence-electron chi connectivity index (χ2n) is 8.60. The molecule has 0 bridgehead atoms. The van der Waals surface area contributed by atoms with Gasteiger partial charge in [-0.1, -0.05) is 30.7 Å². The van der Waals surface area contributed by atoms with Crippen LogP contribution in [-0.4, -0.2) is 41.9 Å². The predicted molar refractivity (Wildman–Crippen MR) is 126 cm³/mol. The van der Waals surface area contributed by atoms with Crippen molar-refractivity contribution in [1.29, 1.82) is 0 Å². The van der Waals surface area contributed by atoms with Gasteiger partial charge in [-0.25, -0.2) is 15.0 Å². The number of nitrogens with zero attached hydrogens (tertiary/aromatic N) is 4. The van der Waals surface area contributed by atoms with Crippen LogP contribution in [0.1, 0.15) is 37.1 Å². The van der Waals surface area contributed by atoms with Crippen LogP contribution in [0, 0.1) is 5.92 Å². The smallest absolute Gasteiger partial charge is 0.143 e. The number of anilines is 1. The second-order valence-corrected chi connectivity index (χ2v) is 9.01. The molecule has 166 valence electrons. The molecular formula is C24H26ClN5O2. The Morgan fingerprint density at radius 2 is 2.00 bits per heavy atom. The molecule has 0 unspecified atom stereocenters. The molecule has 0 aliphatic heterocycles. The number of hydrogen-bond donors (Lipinski definition) is 3. The molecule has 1 aromatic carbocycles. The largest absolute Gasteiger partial charge is 0.390 e. The molecular weight excluding hydrogens is 426 g/mol. The topological polar surface area (TPSA) is 110 Å². The first-order valence-electron chi connectivity index (χ1n) is 11.0. The van der Waals surface area contributed by atoms with Gasteiger partial charge >= 0.3 is 0 Å². The molecule has 0 spiro atoms. The standard InChI is InChI=1S/C24H26ClN5O2/c1-2-18-16-7-8-30(24(16)28-12-27-18)20-11-15(21(31)22(20)32)6-4-13-3-5-14-10-17(25)23(26)29-19(14)9-13/h3,5,7-10,12,15,20-22,31-32H,2,4,6,11H2,1H3,(H2,26,29)/t15-,20+,21+,22-/m0/s1. The van der Waals surface area contributed by atoms with Crippen LogP contribution < -0.4 is 5.73 Å². The van der Waals surface area contributed by atoms with Gasteiger partial charge in [-0.3, -0.25) is 0 Å². The van der Waals surface area contributed by atoms with Crippen LogP contribution in [-0.2, 0) is 12.8 Å². The van der Waals surface area contributed by atoms with Crippen molar-refractivity contribution in [3.05, 3.63) is 59.1 Å². The molecule has 1 aliphatic carbocycles. The molecule has 4 atom stereocenters. The van der Waals surface area contributed by atoms with E-state index in [1.807, 2.05) is 35.0 Å². The lowest BCUT2D eigenvalue weighted by Gasteiger charge is -2.19. The van der Waals surface area contributed by atoms with Crippen molar-refractivity contribution in [3.8, 4) is 0 Å². The molecule has 3 aromatic heterocycles. The van der Waals surface area contributed by atoms with Gasteiger partial charge in [0, 0.05) is 17.0 Å². The van der Waals surface area contributed by atoms with Crippen LogP contribution in [0.5, 0.6) is 0 Å². The molecule has 1 aliphatic rings. The highest BCUT2D eigenvalue weighted by molar-refractivity contribution is 6.33. The van der Waals surface area contributed by atoms with Gasteiger partial charge in [0.05, 0.1) is 28.4 Å². The van der Waals surface area contributed by atoms with Gasteiger partial charge in [-0.05, 0) is 55.4 Å². The van der Waals surface area contributed by atoms with Crippen molar-refractivity contribution in [1.82, 2.24) is 19.5 Å². The molecule has 4 N–H and O–H groups in total. The molecule has 1 fully saturated rings. The number of aromatic nitrogens is 4. The summed E-state index contributed by atoms with van der Waals surface area (Å²) in [5.41, 5.74) is 9.57. The van der Waals surface area contributed by atoms with Gasteiger partial charge in [0.1, 0.15) is 23.9 Å². The molecule has 1 saturated carbocycles. The number of aliphatic hydroxyl groups excluding tert-OH is 2. The van der Waals surface area contributed by atoms with Gasteiger partial charge in [-0.15, -0.1) is 0 Å². The summed E-state index contributed by atoms with van der Waals surface area (Å²) in [6.07, 6.45) is 4.94. The summed E-state index contributed by atoms with van der Waals surface area (Å²) in [6.45, 7) is 2.06. The summed E-state index contributed by atoms with van der Waals surface area (Å²) in [7, 11) is 0. The average molecular weight is 452 g/mol. The maximum absolute atomic E-state index is 10.8. The monoisotopic (exact) mass is 451 g/mol. The molecule has 0 saturated heterocycles. The number of fused-ring (bicyclic) bond motifs is 2. The van der Waals surface area contributed by atoms with Gasteiger partial charge in [-0.2, -0.15) is 0 Å². The number of halogens is 1. The maximum Gasteiger partial charge on any atom is 0.143 e. The number of hydrogen-bond acceptors (Lipinski definition) is 6. The first kappa shape index (κ1) is 21.1. The Labute approximate surface area is 190 Å². The van der Waals surface area contributed by atoms with Crippen LogP contribution in [0.15, 0.2) is 42.9 Å². The Morgan fingerprint density at radius 1 is 1.16 bits per heavy atom. The number of aryl methyl sites for hydroxylation is 2. The number of pyridine rings is 1. The zero-order chi connectivity index (χ0) is 22.4. The Hall–Kier alpha value is -2.74. The maximum atomic E-state index is 10.8. The van der Waals surface area contributed by atoms with Gasteiger partial charge in [0.25, 0.3) is 0 Å². The van der Waals surface area contributed by atoms with Crippen LogP contribution >= 0.6 is 11.6 Å². The number of rotatable bonds is 5. The van der Waals surface area contributed by atoms with Crippen molar-refractivity contribution >= 4 is 39.4 Å². The number of benzene rings is 1. The van der Waals surface area contributed by atoms with Crippen LogP contribution in [0.2, 0.25) is 5.02 Å². The summed E-state index contributed by atoms with van der Waals surface area (Å²) >= 11 is 6.06. The summed E-state index contributed by atoms with van der Waals surface area (Å²) in [5.74, 6) is 0.307. The van der Waals surface area contributed by atoms with Gasteiger partial charge in [0.15, 0.2) is 0 Å². The molecule has 5 rings (SSSR count). The minimum atomic E-state index is -0.837. The number of aliphatic hydroxyl groups is 2. The summed E-state index contributed by atoms with van der Waals surface area (Å²) in [4.78, 5) is 13.2.